The molecule has 0 radical (unpaired) electrons. The molecule has 1 aliphatic heterocycles. The number of unbranched alkanes of at least 4 members (excludes halogenated alkanes) is 2. The van der Waals surface area contributed by atoms with Gasteiger partial charge in [-0.3, -0.25) is 4.79 Å². The Balaban J connectivity index is 1.66. The highest BCUT2D eigenvalue weighted by atomic mass is 35.5. The van der Waals surface area contributed by atoms with Gasteiger partial charge >= 0.3 is 0 Å². The molecule has 0 spiro atoms. The van der Waals surface area contributed by atoms with E-state index in [0.717, 1.165) is 35.5 Å². The number of amides is 1. The third-order valence-electron chi connectivity index (χ3n) is 5.28. The Morgan fingerprint density at radius 1 is 1.15 bits per heavy atom. The van der Waals surface area contributed by atoms with Gasteiger partial charge in [0.25, 0.3) is 0 Å². The molecule has 1 fully saturated rings. The third-order valence-corrected chi connectivity index (χ3v) is 5.51. The molecule has 1 saturated heterocycles. The highest BCUT2D eigenvalue weighted by Gasteiger charge is 2.34. The molecule has 0 N–H and O–H groups in total. The maximum atomic E-state index is 12.7. The fourth-order valence-electron chi connectivity index (χ4n) is 3.93. The van der Waals surface area contributed by atoms with E-state index in [1.165, 1.54) is 12.8 Å². The number of carbonyl (C=O) groups excluding carboxylic acids is 1. The van der Waals surface area contributed by atoms with Gasteiger partial charge in [-0.2, -0.15) is 0 Å². The molecule has 0 unspecified atom stereocenters. The standard InChI is InChI=1S/C22H24ClN3O/c1-2-3-6-12-25-20-11-5-4-10-19(20)24-22(25)16-13-21(27)26(15-16)18-9-7-8-17(23)14-18/h4-5,7-11,14,16H,2-3,6,12-13,15H2,1H3/t16-/m1/s1. The van der Waals surface area contributed by atoms with Crippen LogP contribution in [0.25, 0.3) is 11.0 Å². The fraction of sp³-hybridized carbons (Fsp3) is 0.364. The first kappa shape index (κ1) is 18.1. The first-order chi connectivity index (χ1) is 13.2. The molecule has 0 bridgehead atoms. The van der Waals surface area contributed by atoms with Crippen LogP contribution in [0.15, 0.2) is 48.5 Å². The van der Waals surface area contributed by atoms with Crippen molar-refractivity contribution in [3.8, 4) is 0 Å². The number of anilines is 1. The van der Waals surface area contributed by atoms with Crippen LogP contribution in [0.1, 0.15) is 44.3 Å². The monoisotopic (exact) mass is 381 g/mol. The van der Waals surface area contributed by atoms with Crippen LogP contribution < -0.4 is 4.90 Å². The van der Waals surface area contributed by atoms with Crippen molar-refractivity contribution < 1.29 is 4.79 Å². The summed E-state index contributed by atoms with van der Waals surface area (Å²) in [6, 6.07) is 15.8. The number of para-hydroxylation sites is 2. The molecule has 4 nitrogen and oxygen atoms in total. The number of nitrogens with zero attached hydrogens (tertiary/aromatic N) is 3. The number of carbonyl (C=O) groups is 1. The fourth-order valence-corrected chi connectivity index (χ4v) is 4.12. The number of hydrogen-bond acceptors (Lipinski definition) is 2. The smallest absolute Gasteiger partial charge is 0.227 e. The summed E-state index contributed by atoms with van der Waals surface area (Å²) in [6.07, 6.45) is 4.00. The van der Waals surface area contributed by atoms with E-state index in [-0.39, 0.29) is 11.8 Å². The van der Waals surface area contributed by atoms with Gasteiger partial charge in [-0.05, 0) is 36.8 Å². The van der Waals surface area contributed by atoms with Crippen molar-refractivity contribution in [3.63, 3.8) is 0 Å². The van der Waals surface area contributed by atoms with Crippen LogP contribution >= 0.6 is 11.6 Å². The minimum Gasteiger partial charge on any atom is -0.328 e. The number of fused-ring (bicyclic) bond motifs is 1. The van der Waals surface area contributed by atoms with Crippen LogP contribution in [-0.4, -0.2) is 22.0 Å². The Hall–Kier alpha value is -2.33. The van der Waals surface area contributed by atoms with E-state index < -0.39 is 0 Å². The zero-order chi connectivity index (χ0) is 18.8. The Labute approximate surface area is 164 Å². The number of imidazole rings is 1. The Bertz CT molecular complexity index is 965. The molecule has 2 aromatic carbocycles. The van der Waals surface area contributed by atoms with E-state index in [2.05, 4.69) is 29.7 Å². The van der Waals surface area contributed by atoms with Crippen LogP contribution in [0, 0.1) is 0 Å². The maximum Gasteiger partial charge on any atom is 0.227 e. The molecular weight excluding hydrogens is 358 g/mol. The molecule has 140 valence electrons. The number of hydrogen-bond donors (Lipinski definition) is 0. The van der Waals surface area contributed by atoms with Gasteiger partial charge in [0.2, 0.25) is 5.91 Å². The lowest BCUT2D eigenvalue weighted by Crippen LogP contribution is -2.24. The third kappa shape index (κ3) is 3.59. The lowest BCUT2D eigenvalue weighted by Gasteiger charge is -2.17. The van der Waals surface area contributed by atoms with Gasteiger partial charge in [0.1, 0.15) is 5.82 Å². The SMILES string of the molecule is CCCCCn1c([C@@H]2CC(=O)N(c3cccc(Cl)c3)C2)nc2ccccc21. The van der Waals surface area contributed by atoms with Crippen molar-refractivity contribution in [1.82, 2.24) is 9.55 Å². The van der Waals surface area contributed by atoms with E-state index in [4.69, 9.17) is 16.6 Å². The van der Waals surface area contributed by atoms with E-state index in [1.807, 2.05) is 35.2 Å². The summed E-state index contributed by atoms with van der Waals surface area (Å²) < 4.78 is 2.32. The summed E-state index contributed by atoms with van der Waals surface area (Å²) in [5.41, 5.74) is 3.04. The number of aromatic nitrogens is 2. The first-order valence-corrected chi connectivity index (χ1v) is 10.1. The largest absolute Gasteiger partial charge is 0.328 e. The van der Waals surface area contributed by atoms with E-state index in [9.17, 15) is 4.79 Å². The molecule has 27 heavy (non-hydrogen) atoms. The highest BCUT2D eigenvalue weighted by molar-refractivity contribution is 6.30. The minimum absolute atomic E-state index is 0.102. The van der Waals surface area contributed by atoms with Gasteiger partial charge in [-0.1, -0.05) is 49.6 Å². The van der Waals surface area contributed by atoms with Crippen LogP contribution in [-0.2, 0) is 11.3 Å². The lowest BCUT2D eigenvalue weighted by atomic mass is 10.1. The molecule has 1 atom stereocenters. The van der Waals surface area contributed by atoms with E-state index in [0.29, 0.717) is 18.0 Å². The summed E-state index contributed by atoms with van der Waals surface area (Å²) in [5.74, 6) is 1.27. The minimum atomic E-state index is 0.102. The van der Waals surface area contributed by atoms with Gasteiger partial charge in [0.15, 0.2) is 0 Å². The molecule has 0 aliphatic carbocycles. The number of halogens is 1. The van der Waals surface area contributed by atoms with Crippen molar-refractivity contribution in [1.29, 1.82) is 0 Å². The van der Waals surface area contributed by atoms with Gasteiger partial charge in [0.05, 0.1) is 11.0 Å². The quantitative estimate of drug-likeness (QED) is 0.536. The second-order valence-corrected chi connectivity index (χ2v) is 7.64. The summed E-state index contributed by atoms with van der Waals surface area (Å²) in [7, 11) is 0. The zero-order valence-corrected chi connectivity index (χ0v) is 16.3. The first-order valence-electron chi connectivity index (χ1n) is 9.68. The molecule has 1 aliphatic rings. The lowest BCUT2D eigenvalue weighted by molar-refractivity contribution is -0.117. The molecule has 1 aromatic heterocycles. The van der Waals surface area contributed by atoms with Gasteiger partial charge in [-0.15, -0.1) is 0 Å². The van der Waals surface area contributed by atoms with E-state index >= 15 is 0 Å². The second kappa shape index (κ2) is 7.73. The van der Waals surface area contributed by atoms with Crippen molar-refractivity contribution in [2.45, 2.75) is 45.1 Å². The normalized spacial score (nSPS) is 17.2. The highest BCUT2D eigenvalue weighted by Crippen LogP contribution is 2.34. The predicted molar refractivity (Wildman–Crippen MR) is 110 cm³/mol. The molecule has 3 aromatic rings. The van der Waals surface area contributed by atoms with Gasteiger partial charge in [0, 0.05) is 36.1 Å². The summed E-state index contributed by atoms with van der Waals surface area (Å²) >= 11 is 6.12. The molecule has 4 rings (SSSR count). The number of aryl methyl sites for hydroxylation is 1. The maximum absolute atomic E-state index is 12.7. The predicted octanol–water partition coefficient (Wildman–Crippen LogP) is 5.40. The Morgan fingerprint density at radius 3 is 2.81 bits per heavy atom. The van der Waals surface area contributed by atoms with Crippen LogP contribution in [0.4, 0.5) is 5.69 Å². The molecule has 2 heterocycles. The molecule has 5 heteroatoms. The van der Waals surface area contributed by atoms with E-state index in [1.54, 1.807) is 0 Å². The van der Waals surface area contributed by atoms with Gasteiger partial charge < -0.3 is 9.47 Å². The average Bonchev–Trinajstić information content (AvgIpc) is 3.23. The van der Waals surface area contributed by atoms with Crippen molar-refractivity contribution in [2.24, 2.45) is 0 Å². The summed E-state index contributed by atoms with van der Waals surface area (Å²) in [5, 5.41) is 0.649. The van der Waals surface area contributed by atoms with Crippen molar-refractivity contribution in [3.05, 3.63) is 59.4 Å². The van der Waals surface area contributed by atoms with Crippen molar-refractivity contribution >= 4 is 34.2 Å². The number of rotatable bonds is 6. The molecule has 1 amide bonds. The van der Waals surface area contributed by atoms with Crippen LogP contribution in [0.5, 0.6) is 0 Å². The Kier molecular flexibility index (Phi) is 5.17. The molecular formula is C22H24ClN3O. The molecule has 0 saturated carbocycles. The average molecular weight is 382 g/mol. The summed E-state index contributed by atoms with van der Waals surface area (Å²) in [6.45, 7) is 3.81. The summed E-state index contributed by atoms with van der Waals surface area (Å²) in [4.78, 5) is 19.5. The second-order valence-electron chi connectivity index (χ2n) is 7.20. The van der Waals surface area contributed by atoms with Crippen LogP contribution in [0.2, 0.25) is 5.02 Å². The topological polar surface area (TPSA) is 38.1 Å². The van der Waals surface area contributed by atoms with Gasteiger partial charge in [-0.25, -0.2) is 4.98 Å². The van der Waals surface area contributed by atoms with Crippen molar-refractivity contribution in [2.75, 3.05) is 11.4 Å². The zero-order valence-electron chi connectivity index (χ0n) is 15.6. The number of benzene rings is 2. The Morgan fingerprint density at radius 2 is 2.00 bits per heavy atom. The van der Waals surface area contributed by atoms with Crippen LogP contribution in [0.3, 0.4) is 0 Å².